The highest BCUT2D eigenvalue weighted by Crippen LogP contribution is 1.90. The highest BCUT2D eigenvalue weighted by Gasteiger charge is 1.94. The van der Waals surface area contributed by atoms with Crippen molar-refractivity contribution in [3.63, 3.8) is 0 Å². The van der Waals surface area contributed by atoms with E-state index in [9.17, 15) is 0 Å². The first-order valence-electron chi connectivity index (χ1n) is 3.75. The molecule has 0 spiro atoms. The van der Waals surface area contributed by atoms with Crippen molar-refractivity contribution < 1.29 is 0 Å². The third-order valence-electron chi connectivity index (χ3n) is 1.17. The van der Waals surface area contributed by atoms with Gasteiger partial charge in [0.1, 0.15) is 6.33 Å². The lowest BCUT2D eigenvalue weighted by atomic mass is 10.5. The van der Waals surface area contributed by atoms with Gasteiger partial charge in [0.2, 0.25) is 5.95 Å². The third kappa shape index (κ3) is 2.57. The number of rotatable bonds is 3. The molecule has 6 nitrogen and oxygen atoms in total. The molecule has 0 amide bonds. The van der Waals surface area contributed by atoms with E-state index in [4.69, 9.17) is 5.73 Å². The van der Waals surface area contributed by atoms with Gasteiger partial charge in [-0.15, -0.1) is 0 Å². The fourth-order valence-electron chi connectivity index (χ4n) is 0.659. The number of aromatic amines is 1. The molecule has 0 aliphatic carbocycles. The standard InChI is InChI=1S/C6H12N6/c1-2-3-8-5(7)11-6-9-4-10-12-6/h4H,2-3H2,1H3,(H4,7,8,9,10,11,12). The van der Waals surface area contributed by atoms with Crippen molar-refractivity contribution in [3.8, 4) is 0 Å². The van der Waals surface area contributed by atoms with Crippen LogP contribution in [0, 0.1) is 0 Å². The molecular formula is C6H12N6. The topological polar surface area (TPSA) is 92.0 Å². The van der Waals surface area contributed by atoms with Crippen LogP contribution in [-0.2, 0) is 0 Å². The summed E-state index contributed by atoms with van der Waals surface area (Å²) < 4.78 is 0. The number of nitrogens with one attached hydrogen (secondary N) is 2. The first-order valence-corrected chi connectivity index (χ1v) is 3.75. The number of hydrogen-bond acceptors (Lipinski definition) is 3. The number of hydrogen-bond donors (Lipinski definition) is 3. The Morgan fingerprint density at radius 1 is 1.83 bits per heavy atom. The summed E-state index contributed by atoms with van der Waals surface area (Å²) in [7, 11) is 0. The molecule has 4 N–H and O–H groups in total. The molecule has 0 saturated heterocycles. The predicted molar refractivity (Wildman–Crippen MR) is 46.8 cm³/mol. The molecule has 1 aromatic rings. The lowest BCUT2D eigenvalue weighted by Crippen LogP contribution is -2.23. The molecule has 0 radical (unpaired) electrons. The molecule has 1 aromatic heterocycles. The van der Waals surface area contributed by atoms with Gasteiger partial charge in [-0.3, -0.25) is 10.3 Å². The summed E-state index contributed by atoms with van der Waals surface area (Å²) in [5, 5.41) is 9.01. The summed E-state index contributed by atoms with van der Waals surface area (Å²) in [5.41, 5.74) is 5.50. The lowest BCUT2D eigenvalue weighted by molar-refractivity contribution is 0.928. The van der Waals surface area contributed by atoms with Gasteiger partial charge in [-0.25, -0.2) is 5.10 Å². The predicted octanol–water partition coefficient (Wildman–Crippen LogP) is -0.0587. The van der Waals surface area contributed by atoms with E-state index < -0.39 is 0 Å². The maximum Gasteiger partial charge on any atom is 0.225 e. The number of aromatic nitrogens is 3. The molecule has 66 valence electrons. The molecule has 0 aromatic carbocycles. The average molecular weight is 168 g/mol. The smallest absolute Gasteiger partial charge is 0.225 e. The van der Waals surface area contributed by atoms with Crippen molar-refractivity contribution in [2.45, 2.75) is 13.3 Å². The zero-order valence-electron chi connectivity index (χ0n) is 6.91. The largest absolute Gasteiger partial charge is 0.370 e. The summed E-state index contributed by atoms with van der Waals surface area (Å²) in [6.45, 7) is 2.75. The van der Waals surface area contributed by atoms with Crippen LogP contribution in [0.1, 0.15) is 13.3 Å². The zero-order chi connectivity index (χ0) is 8.81. The molecule has 1 heterocycles. The molecule has 0 saturated carbocycles. The van der Waals surface area contributed by atoms with E-state index in [0.717, 1.165) is 6.42 Å². The van der Waals surface area contributed by atoms with E-state index in [1.807, 2.05) is 6.92 Å². The Bertz CT molecular complexity index is 239. The van der Waals surface area contributed by atoms with Crippen molar-refractivity contribution in [2.24, 2.45) is 10.7 Å². The van der Waals surface area contributed by atoms with Gasteiger partial charge >= 0.3 is 0 Å². The van der Waals surface area contributed by atoms with E-state index in [-0.39, 0.29) is 0 Å². The third-order valence-corrected chi connectivity index (χ3v) is 1.17. The highest BCUT2D eigenvalue weighted by atomic mass is 15.3. The molecule has 0 unspecified atom stereocenters. The van der Waals surface area contributed by atoms with Crippen molar-refractivity contribution in [1.82, 2.24) is 15.2 Å². The van der Waals surface area contributed by atoms with Gasteiger partial charge in [-0.1, -0.05) is 6.92 Å². The fraction of sp³-hybridized carbons (Fsp3) is 0.500. The first kappa shape index (κ1) is 8.51. The zero-order valence-corrected chi connectivity index (χ0v) is 6.91. The van der Waals surface area contributed by atoms with Crippen molar-refractivity contribution in [2.75, 3.05) is 11.9 Å². The molecule has 0 aliphatic heterocycles. The average Bonchev–Trinajstić information content (AvgIpc) is 2.53. The highest BCUT2D eigenvalue weighted by molar-refractivity contribution is 5.90. The maximum atomic E-state index is 5.50. The minimum absolute atomic E-state index is 0.355. The van der Waals surface area contributed by atoms with Crippen LogP contribution in [0.4, 0.5) is 5.95 Å². The summed E-state index contributed by atoms with van der Waals surface area (Å²) in [6.07, 6.45) is 2.37. The van der Waals surface area contributed by atoms with Crippen LogP contribution in [0.2, 0.25) is 0 Å². The number of anilines is 1. The van der Waals surface area contributed by atoms with Crippen LogP contribution in [0.3, 0.4) is 0 Å². The quantitative estimate of drug-likeness (QED) is 0.435. The Hall–Kier alpha value is -1.59. The SMILES string of the molecule is CCCN=C(N)Nc1ncn[nH]1. The number of guanidine groups is 1. The molecule has 0 atom stereocenters. The second-order valence-electron chi connectivity index (χ2n) is 2.23. The van der Waals surface area contributed by atoms with Crippen LogP contribution in [-0.4, -0.2) is 27.7 Å². The minimum Gasteiger partial charge on any atom is -0.370 e. The van der Waals surface area contributed by atoms with E-state index in [1.165, 1.54) is 6.33 Å². The molecule has 12 heavy (non-hydrogen) atoms. The molecule has 6 heteroatoms. The lowest BCUT2D eigenvalue weighted by Gasteiger charge is -1.99. The van der Waals surface area contributed by atoms with Gasteiger partial charge in [0, 0.05) is 6.54 Å². The van der Waals surface area contributed by atoms with Crippen LogP contribution in [0.15, 0.2) is 11.3 Å². The van der Waals surface area contributed by atoms with Crippen molar-refractivity contribution in [3.05, 3.63) is 6.33 Å². The molecule has 1 rings (SSSR count). The van der Waals surface area contributed by atoms with E-state index >= 15 is 0 Å². The molecule has 0 fully saturated rings. The van der Waals surface area contributed by atoms with Gasteiger partial charge in [0.05, 0.1) is 0 Å². The van der Waals surface area contributed by atoms with Gasteiger partial charge in [0.25, 0.3) is 0 Å². The molecular weight excluding hydrogens is 156 g/mol. The Morgan fingerprint density at radius 2 is 2.67 bits per heavy atom. The maximum absolute atomic E-state index is 5.50. The fourth-order valence-corrected chi connectivity index (χ4v) is 0.659. The Labute approximate surface area is 70.3 Å². The van der Waals surface area contributed by atoms with Crippen LogP contribution in [0.5, 0.6) is 0 Å². The van der Waals surface area contributed by atoms with Gasteiger partial charge < -0.3 is 5.73 Å². The monoisotopic (exact) mass is 168 g/mol. The summed E-state index contributed by atoms with van der Waals surface area (Å²) >= 11 is 0. The van der Waals surface area contributed by atoms with Crippen molar-refractivity contribution in [1.29, 1.82) is 0 Å². The van der Waals surface area contributed by atoms with Gasteiger partial charge in [0.15, 0.2) is 5.96 Å². The normalized spacial score (nSPS) is 11.6. The summed E-state index contributed by atoms with van der Waals surface area (Å²) in [5.74, 6) is 0.862. The second-order valence-corrected chi connectivity index (χ2v) is 2.23. The van der Waals surface area contributed by atoms with Gasteiger partial charge in [-0.2, -0.15) is 10.1 Å². The van der Waals surface area contributed by atoms with Gasteiger partial charge in [-0.05, 0) is 6.42 Å². The van der Waals surface area contributed by atoms with E-state index in [0.29, 0.717) is 18.5 Å². The Kier molecular flexibility index (Phi) is 3.06. The van der Waals surface area contributed by atoms with Crippen LogP contribution >= 0.6 is 0 Å². The molecule has 0 bridgehead atoms. The number of H-pyrrole nitrogens is 1. The number of aliphatic imine (C=N–C) groups is 1. The second kappa shape index (κ2) is 4.32. The van der Waals surface area contributed by atoms with Crippen molar-refractivity contribution >= 4 is 11.9 Å². The first-order chi connectivity index (χ1) is 5.83. The van der Waals surface area contributed by atoms with Crippen LogP contribution < -0.4 is 11.1 Å². The summed E-state index contributed by atoms with van der Waals surface area (Å²) in [6, 6.07) is 0. The number of nitrogens with zero attached hydrogens (tertiary/aromatic N) is 3. The van der Waals surface area contributed by atoms with E-state index in [1.54, 1.807) is 0 Å². The number of nitrogens with two attached hydrogens (primary N) is 1. The molecule has 0 aliphatic rings. The Morgan fingerprint density at radius 3 is 3.25 bits per heavy atom. The Balaban J connectivity index is 2.41. The summed E-state index contributed by atoms with van der Waals surface area (Å²) in [4.78, 5) is 7.84. The van der Waals surface area contributed by atoms with E-state index in [2.05, 4.69) is 25.5 Å². The minimum atomic E-state index is 0.355. The van der Waals surface area contributed by atoms with Crippen LogP contribution in [0.25, 0.3) is 0 Å².